The fourth-order valence-corrected chi connectivity index (χ4v) is 4.42. The van der Waals surface area contributed by atoms with Crippen LogP contribution in [0.2, 0.25) is 0 Å². The van der Waals surface area contributed by atoms with Gasteiger partial charge >= 0.3 is 5.97 Å². The highest BCUT2D eigenvalue weighted by Crippen LogP contribution is 2.47. The highest BCUT2D eigenvalue weighted by atomic mass is 19.1. The molecule has 0 saturated heterocycles. The molecule has 0 amide bonds. The van der Waals surface area contributed by atoms with Crippen molar-refractivity contribution in [3.05, 3.63) is 94.9 Å². The zero-order chi connectivity index (χ0) is 22.9. The first kappa shape index (κ1) is 21.3. The Hall–Kier alpha value is -3.60. The molecule has 0 unspecified atom stereocenters. The largest absolute Gasteiger partial charge is 0.489 e. The second-order valence-corrected chi connectivity index (χ2v) is 8.61. The van der Waals surface area contributed by atoms with Crippen LogP contribution in [-0.4, -0.2) is 17.6 Å². The van der Waals surface area contributed by atoms with E-state index in [9.17, 15) is 9.18 Å². The monoisotopic (exact) mass is 443 g/mol. The summed E-state index contributed by atoms with van der Waals surface area (Å²) in [5.41, 5.74) is 5.63. The Kier molecular flexibility index (Phi) is 5.63. The second-order valence-electron chi connectivity index (χ2n) is 8.61. The van der Waals surface area contributed by atoms with Gasteiger partial charge in [-0.2, -0.15) is 0 Å². The molecular formula is C28H26FNO3. The van der Waals surface area contributed by atoms with Crippen molar-refractivity contribution >= 4 is 16.9 Å². The van der Waals surface area contributed by atoms with E-state index >= 15 is 0 Å². The molecule has 1 heterocycles. The van der Waals surface area contributed by atoms with Crippen molar-refractivity contribution in [1.82, 2.24) is 4.57 Å². The van der Waals surface area contributed by atoms with Gasteiger partial charge in [0.15, 0.2) is 0 Å². The third kappa shape index (κ3) is 4.23. The van der Waals surface area contributed by atoms with Gasteiger partial charge in [0, 0.05) is 16.8 Å². The van der Waals surface area contributed by atoms with Gasteiger partial charge in [-0.25, -0.2) is 4.39 Å². The zero-order valence-corrected chi connectivity index (χ0v) is 18.8. The maximum absolute atomic E-state index is 14.0. The van der Waals surface area contributed by atoms with E-state index in [2.05, 4.69) is 4.57 Å². The van der Waals surface area contributed by atoms with Crippen LogP contribution in [-0.2, 0) is 22.6 Å². The summed E-state index contributed by atoms with van der Waals surface area (Å²) in [4.78, 5) is 12.3. The third-order valence-electron chi connectivity index (χ3n) is 6.25. The number of fused-ring (bicyclic) bond motifs is 1. The Labute approximate surface area is 192 Å². The van der Waals surface area contributed by atoms with E-state index in [-0.39, 0.29) is 18.2 Å². The van der Waals surface area contributed by atoms with E-state index in [4.69, 9.17) is 9.47 Å². The van der Waals surface area contributed by atoms with Crippen LogP contribution in [0.3, 0.4) is 0 Å². The number of carbonyl (C=O) groups excluding carboxylic acids is 1. The van der Waals surface area contributed by atoms with Gasteiger partial charge in [0.2, 0.25) is 0 Å². The smallest absolute Gasteiger partial charge is 0.310 e. The van der Waals surface area contributed by atoms with E-state index in [1.165, 1.54) is 13.2 Å². The Morgan fingerprint density at radius 1 is 1.06 bits per heavy atom. The van der Waals surface area contributed by atoms with Gasteiger partial charge in [-0.1, -0.05) is 30.3 Å². The van der Waals surface area contributed by atoms with Crippen LogP contribution in [0.5, 0.6) is 5.75 Å². The molecular weight excluding hydrogens is 417 g/mol. The molecule has 0 bridgehead atoms. The van der Waals surface area contributed by atoms with Gasteiger partial charge in [-0.15, -0.1) is 0 Å². The summed E-state index contributed by atoms with van der Waals surface area (Å²) < 4.78 is 27.3. The molecule has 4 aromatic rings. The molecule has 168 valence electrons. The van der Waals surface area contributed by atoms with Crippen molar-refractivity contribution in [1.29, 1.82) is 0 Å². The Bertz CT molecular complexity index is 1320. The molecule has 1 aliphatic carbocycles. The molecule has 5 heteroatoms. The van der Waals surface area contributed by atoms with Crippen LogP contribution in [0.25, 0.3) is 16.6 Å². The average Bonchev–Trinajstić information content (AvgIpc) is 3.63. The average molecular weight is 444 g/mol. The fraction of sp³-hybridized carbons (Fsp3) is 0.250. The summed E-state index contributed by atoms with van der Waals surface area (Å²) in [7, 11) is 1.41. The molecule has 1 aromatic heterocycles. The minimum absolute atomic E-state index is 0.189. The number of nitrogens with zero attached hydrogens (tertiary/aromatic N) is 1. The lowest BCUT2D eigenvalue weighted by molar-refractivity contribution is -0.139. The summed E-state index contributed by atoms with van der Waals surface area (Å²) in [6.07, 6.45) is 2.33. The van der Waals surface area contributed by atoms with Crippen molar-refractivity contribution < 1.29 is 18.7 Å². The van der Waals surface area contributed by atoms with Gasteiger partial charge in [0.05, 0.1) is 19.0 Å². The van der Waals surface area contributed by atoms with Gasteiger partial charge in [-0.3, -0.25) is 4.79 Å². The Morgan fingerprint density at radius 3 is 2.55 bits per heavy atom. The first-order chi connectivity index (χ1) is 16.0. The molecule has 3 aromatic carbocycles. The standard InChI is InChI=1S/C28H26FNO3/c1-18-14-21(10-12-25(18)29)30-26-13-11-22(33-17-19-6-4-3-5-7-19)15-23(26)24(16-27(31)32-2)28(30)20-8-9-20/h3-7,10-15,20H,8-9,16-17H2,1-2H3. The van der Waals surface area contributed by atoms with Crippen molar-refractivity contribution in [3.63, 3.8) is 0 Å². The number of esters is 1. The molecule has 1 saturated carbocycles. The lowest BCUT2D eigenvalue weighted by atomic mass is 10.0. The Morgan fingerprint density at radius 2 is 1.85 bits per heavy atom. The molecule has 0 radical (unpaired) electrons. The van der Waals surface area contributed by atoms with E-state index < -0.39 is 0 Å². The lowest BCUT2D eigenvalue weighted by Crippen LogP contribution is -2.08. The number of hydrogen-bond donors (Lipinski definition) is 0. The summed E-state index contributed by atoms with van der Waals surface area (Å²) in [5, 5.41) is 0.967. The van der Waals surface area contributed by atoms with Gasteiger partial charge in [0.1, 0.15) is 18.2 Å². The van der Waals surface area contributed by atoms with E-state index in [1.54, 1.807) is 13.0 Å². The lowest BCUT2D eigenvalue weighted by Gasteiger charge is -2.13. The van der Waals surface area contributed by atoms with E-state index in [1.807, 2.05) is 54.6 Å². The maximum atomic E-state index is 14.0. The fourth-order valence-electron chi connectivity index (χ4n) is 4.42. The van der Waals surface area contributed by atoms with Crippen molar-refractivity contribution in [3.8, 4) is 11.4 Å². The zero-order valence-electron chi connectivity index (χ0n) is 18.8. The highest BCUT2D eigenvalue weighted by Gasteiger charge is 2.33. The van der Waals surface area contributed by atoms with Crippen LogP contribution in [0.4, 0.5) is 4.39 Å². The number of hydrogen-bond acceptors (Lipinski definition) is 3. The minimum Gasteiger partial charge on any atom is -0.489 e. The predicted octanol–water partition coefficient (Wildman–Crippen LogP) is 6.25. The second kappa shape index (κ2) is 8.74. The summed E-state index contributed by atoms with van der Waals surface area (Å²) in [5.74, 6) is 0.611. The third-order valence-corrected chi connectivity index (χ3v) is 6.25. The molecule has 0 spiro atoms. The quantitative estimate of drug-likeness (QED) is 0.317. The van der Waals surface area contributed by atoms with Crippen LogP contribution in [0, 0.1) is 12.7 Å². The summed E-state index contributed by atoms with van der Waals surface area (Å²) >= 11 is 0. The normalized spacial score (nSPS) is 13.3. The van der Waals surface area contributed by atoms with E-state index in [0.29, 0.717) is 18.1 Å². The molecule has 5 rings (SSSR count). The van der Waals surface area contributed by atoms with Crippen LogP contribution in [0.1, 0.15) is 41.1 Å². The highest BCUT2D eigenvalue weighted by molar-refractivity contribution is 5.92. The predicted molar refractivity (Wildman–Crippen MR) is 126 cm³/mol. The van der Waals surface area contributed by atoms with Gasteiger partial charge in [0.25, 0.3) is 0 Å². The van der Waals surface area contributed by atoms with E-state index in [0.717, 1.165) is 52.0 Å². The van der Waals surface area contributed by atoms with Crippen LogP contribution < -0.4 is 4.74 Å². The molecule has 0 N–H and O–H groups in total. The first-order valence-corrected chi connectivity index (χ1v) is 11.2. The SMILES string of the molecule is COC(=O)Cc1c(C2CC2)n(-c2ccc(F)c(C)c2)c2ccc(OCc3ccccc3)cc12. The molecule has 33 heavy (non-hydrogen) atoms. The summed E-state index contributed by atoms with van der Waals surface area (Å²) in [6.45, 7) is 2.23. The summed E-state index contributed by atoms with van der Waals surface area (Å²) in [6, 6.07) is 21.2. The number of carbonyl (C=O) groups is 1. The number of benzene rings is 3. The number of halogens is 1. The molecule has 1 fully saturated rings. The van der Waals surface area contributed by atoms with Gasteiger partial charge < -0.3 is 14.0 Å². The molecule has 4 nitrogen and oxygen atoms in total. The topological polar surface area (TPSA) is 40.5 Å². The van der Waals surface area contributed by atoms with Gasteiger partial charge in [-0.05, 0) is 78.8 Å². The number of methoxy groups -OCH3 is 1. The molecule has 0 atom stereocenters. The molecule has 0 aliphatic heterocycles. The number of aryl methyl sites for hydroxylation is 1. The van der Waals surface area contributed by atoms with Crippen molar-refractivity contribution in [2.45, 2.75) is 38.7 Å². The van der Waals surface area contributed by atoms with Crippen LogP contribution >= 0.6 is 0 Å². The number of ether oxygens (including phenoxy) is 2. The van der Waals surface area contributed by atoms with Crippen LogP contribution in [0.15, 0.2) is 66.7 Å². The van der Waals surface area contributed by atoms with Crippen molar-refractivity contribution in [2.75, 3.05) is 7.11 Å². The number of rotatable bonds is 7. The Balaban J connectivity index is 1.64. The molecule has 1 aliphatic rings. The van der Waals surface area contributed by atoms with Crippen molar-refractivity contribution in [2.24, 2.45) is 0 Å². The maximum Gasteiger partial charge on any atom is 0.310 e. The minimum atomic E-state index is -0.276. The first-order valence-electron chi connectivity index (χ1n) is 11.2. The number of aromatic nitrogens is 1.